The summed E-state index contributed by atoms with van der Waals surface area (Å²) in [5.41, 5.74) is 3.79. The highest BCUT2D eigenvalue weighted by molar-refractivity contribution is 7.11. The normalized spacial score (nSPS) is 10.9. The van der Waals surface area contributed by atoms with Crippen molar-refractivity contribution < 1.29 is 0 Å². The van der Waals surface area contributed by atoms with Gasteiger partial charge >= 0.3 is 0 Å². The van der Waals surface area contributed by atoms with Crippen molar-refractivity contribution in [2.24, 2.45) is 5.10 Å². The van der Waals surface area contributed by atoms with E-state index in [2.05, 4.69) is 10.5 Å². The molecule has 1 heterocycles. The Balaban J connectivity index is 1.94. The Morgan fingerprint density at radius 3 is 2.59 bits per heavy atom. The highest BCUT2D eigenvalue weighted by Crippen LogP contribution is 2.23. The smallest absolute Gasteiger partial charge is 0.0640 e. The molecule has 1 N–H and O–H groups in total. The Labute approximate surface area is 114 Å². The van der Waals surface area contributed by atoms with E-state index >= 15 is 0 Å². The summed E-state index contributed by atoms with van der Waals surface area (Å²) in [4.78, 5) is 1.10. The maximum atomic E-state index is 6.03. The van der Waals surface area contributed by atoms with Crippen LogP contribution in [0.25, 0.3) is 0 Å². The average molecular weight is 285 g/mol. The Kier molecular flexibility index (Phi) is 4.42. The van der Waals surface area contributed by atoms with Gasteiger partial charge in [-0.1, -0.05) is 35.3 Å². The third-order valence-electron chi connectivity index (χ3n) is 2.14. The highest BCUT2D eigenvalue weighted by Gasteiger charge is 2.03. The SMILES string of the molecule is Clc1cccc(Cl)c1CN/N=C/c1cccs1. The summed E-state index contributed by atoms with van der Waals surface area (Å²) in [7, 11) is 0. The molecular formula is C12H10Cl2N2S. The van der Waals surface area contributed by atoms with Crippen LogP contribution in [0.15, 0.2) is 40.8 Å². The van der Waals surface area contributed by atoms with E-state index in [9.17, 15) is 0 Å². The van der Waals surface area contributed by atoms with Crippen molar-refractivity contribution in [1.29, 1.82) is 0 Å². The minimum atomic E-state index is 0.514. The lowest BCUT2D eigenvalue weighted by molar-refractivity contribution is 0.748. The van der Waals surface area contributed by atoms with Crippen LogP contribution in [0.3, 0.4) is 0 Å². The molecule has 0 bridgehead atoms. The summed E-state index contributed by atoms with van der Waals surface area (Å²) in [6.45, 7) is 0.514. The fourth-order valence-corrected chi connectivity index (χ4v) is 2.42. The lowest BCUT2D eigenvalue weighted by atomic mass is 10.2. The van der Waals surface area contributed by atoms with Gasteiger partial charge in [0, 0.05) is 20.5 Å². The summed E-state index contributed by atoms with van der Waals surface area (Å²) in [6.07, 6.45) is 1.77. The minimum Gasteiger partial charge on any atom is -0.306 e. The van der Waals surface area contributed by atoms with Crippen molar-refractivity contribution in [3.8, 4) is 0 Å². The molecule has 0 radical (unpaired) electrons. The third-order valence-corrected chi connectivity index (χ3v) is 3.66. The first-order chi connectivity index (χ1) is 8.27. The van der Waals surface area contributed by atoms with Gasteiger partial charge in [0.25, 0.3) is 0 Å². The largest absolute Gasteiger partial charge is 0.306 e. The molecule has 0 unspecified atom stereocenters. The summed E-state index contributed by atoms with van der Waals surface area (Å²) in [6, 6.07) is 9.43. The first-order valence-corrected chi connectivity index (χ1v) is 6.63. The van der Waals surface area contributed by atoms with Crippen LogP contribution >= 0.6 is 34.5 Å². The first kappa shape index (κ1) is 12.4. The van der Waals surface area contributed by atoms with E-state index in [1.165, 1.54) is 0 Å². The number of halogens is 2. The van der Waals surface area contributed by atoms with Crippen molar-refractivity contribution in [3.05, 3.63) is 56.2 Å². The van der Waals surface area contributed by atoms with E-state index in [1.54, 1.807) is 17.6 Å². The fraction of sp³-hybridized carbons (Fsp3) is 0.0833. The van der Waals surface area contributed by atoms with Gasteiger partial charge in [0.2, 0.25) is 0 Å². The maximum Gasteiger partial charge on any atom is 0.0640 e. The molecular weight excluding hydrogens is 275 g/mol. The standard InChI is InChI=1S/C12H10Cl2N2S/c13-11-4-1-5-12(14)10(11)8-16-15-7-9-3-2-6-17-9/h1-7,16H,8H2/b15-7+. The van der Waals surface area contributed by atoms with Gasteiger partial charge in [0.15, 0.2) is 0 Å². The van der Waals surface area contributed by atoms with Crippen LogP contribution in [0.1, 0.15) is 10.4 Å². The zero-order chi connectivity index (χ0) is 12.1. The zero-order valence-corrected chi connectivity index (χ0v) is 11.2. The topological polar surface area (TPSA) is 24.4 Å². The van der Waals surface area contributed by atoms with Crippen molar-refractivity contribution in [3.63, 3.8) is 0 Å². The monoisotopic (exact) mass is 284 g/mol. The number of benzene rings is 1. The summed E-state index contributed by atoms with van der Waals surface area (Å²) in [5, 5.41) is 7.41. The van der Waals surface area contributed by atoms with Crippen LogP contribution in [-0.2, 0) is 6.54 Å². The predicted molar refractivity (Wildman–Crippen MR) is 75.2 cm³/mol. The van der Waals surface area contributed by atoms with Crippen molar-refractivity contribution in [2.75, 3.05) is 0 Å². The van der Waals surface area contributed by atoms with Crippen LogP contribution in [0.4, 0.5) is 0 Å². The first-order valence-electron chi connectivity index (χ1n) is 4.99. The molecule has 2 aromatic rings. The van der Waals surface area contributed by atoms with Crippen LogP contribution in [-0.4, -0.2) is 6.21 Å². The van der Waals surface area contributed by atoms with Gasteiger partial charge in [-0.15, -0.1) is 11.3 Å². The zero-order valence-electron chi connectivity index (χ0n) is 8.86. The average Bonchev–Trinajstić information content (AvgIpc) is 2.80. The molecule has 0 spiro atoms. The number of nitrogens with one attached hydrogen (secondary N) is 1. The molecule has 0 aliphatic carbocycles. The Hall–Kier alpha value is -1.03. The minimum absolute atomic E-state index is 0.514. The second-order valence-corrected chi connectivity index (χ2v) is 5.10. The molecule has 5 heteroatoms. The molecule has 0 aliphatic rings. The molecule has 2 rings (SSSR count). The number of nitrogens with zero attached hydrogens (tertiary/aromatic N) is 1. The van der Waals surface area contributed by atoms with Gasteiger partial charge in [-0.25, -0.2) is 0 Å². The van der Waals surface area contributed by atoms with E-state index in [-0.39, 0.29) is 0 Å². The molecule has 0 amide bonds. The van der Waals surface area contributed by atoms with E-state index in [0.29, 0.717) is 16.6 Å². The van der Waals surface area contributed by atoms with Gasteiger partial charge in [-0.05, 0) is 23.6 Å². The van der Waals surface area contributed by atoms with E-state index in [0.717, 1.165) is 10.4 Å². The van der Waals surface area contributed by atoms with Gasteiger partial charge in [0.05, 0.1) is 12.8 Å². The molecule has 88 valence electrons. The number of hydrogen-bond acceptors (Lipinski definition) is 3. The molecule has 2 nitrogen and oxygen atoms in total. The molecule has 0 saturated carbocycles. The van der Waals surface area contributed by atoms with Crippen molar-refractivity contribution in [2.45, 2.75) is 6.54 Å². The fourth-order valence-electron chi connectivity index (χ4n) is 1.30. The second-order valence-electron chi connectivity index (χ2n) is 3.31. The van der Waals surface area contributed by atoms with Gasteiger partial charge < -0.3 is 5.43 Å². The molecule has 0 fully saturated rings. The molecule has 1 aromatic carbocycles. The molecule has 0 aliphatic heterocycles. The quantitative estimate of drug-likeness (QED) is 0.661. The third kappa shape index (κ3) is 3.46. The van der Waals surface area contributed by atoms with E-state index in [4.69, 9.17) is 23.2 Å². The summed E-state index contributed by atoms with van der Waals surface area (Å²) in [5.74, 6) is 0. The maximum absolute atomic E-state index is 6.03. The van der Waals surface area contributed by atoms with Gasteiger partial charge in [-0.2, -0.15) is 5.10 Å². The van der Waals surface area contributed by atoms with Crippen molar-refractivity contribution in [1.82, 2.24) is 5.43 Å². The molecule has 17 heavy (non-hydrogen) atoms. The van der Waals surface area contributed by atoms with Crippen LogP contribution in [0.2, 0.25) is 10.0 Å². The number of hydrazone groups is 1. The number of thiophene rings is 1. The molecule has 0 atom stereocenters. The van der Waals surface area contributed by atoms with E-state index in [1.807, 2.05) is 35.7 Å². The Bertz CT molecular complexity index is 489. The second kappa shape index (κ2) is 6.05. The van der Waals surface area contributed by atoms with E-state index < -0.39 is 0 Å². The number of hydrogen-bond donors (Lipinski definition) is 1. The van der Waals surface area contributed by atoms with Crippen LogP contribution in [0.5, 0.6) is 0 Å². The predicted octanol–water partition coefficient (Wildman–Crippen LogP) is 4.18. The Morgan fingerprint density at radius 2 is 1.94 bits per heavy atom. The molecule has 1 aromatic heterocycles. The highest BCUT2D eigenvalue weighted by atomic mass is 35.5. The van der Waals surface area contributed by atoms with Gasteiger partial charge in [0.1, 0.15) is 0 Å². The lowest BCUT2D eigenvalue weighted by Crippen LogP contribution is -2.06. The lowest BCUT2D eigenvalue weighted by Gasteiger charge is -2.05. The summed E-state index contributed by atoms with van der Waals surface area (Å²) >= 11 is 13.7. The number of rotatable bonds is 4. The van der Waals surface area contributed by atoms with Crippen molar-refractivity contribution >= 4 is 40.8 Å². The van der Waals surface area contributed by atoms with Gasteiger partial charge in [-0.3, -0.25) is 0 Å². The Morgan fingerprint density at radius 1 is 1.18 bits per heavy atom. The van der Waals surface area contributed by atoms with Crippen LogP contribution < -0.4 is 5.43 Å². The summed E-state index contributed by atoms with van der Waals surface area (Å²) < 4.78 is 0. The molecule has 0 saturated heterocycles. The van der Waals surface area contributed by atoms with Crippen LogP contribution in [0, 0.1) is 0 Å².